The van der Waals surface area contributed by atoms with Crippen molar-refractivity contribution in [1.29, 1.82) is 0 Å². The molecule has 2 aromatic heterocycles. The second-order valence-electron chi connectivity index (χ2n) is 28.2. The zero-order valence-electron chi connectivity index (χ0n) is 56.1. The molecule has 478 valence electrons. The molecule has 2 fully saturated rings. The minimum Gasteiger partial charge on any atom is -0.453 e. The Morgan fingerprint density at radius 1 is 0.283 bits per heavy atom. The zero-order valence-corrected chi connectivity index (χ0v) is 56.1. The van der Waals surface area contributed by atoms with Crippen LogP contribution in [0.15, 0.2) is 300 Å². The summed E-state index contributed by atoms with van der Waals surface area (Å²) in [7, 11) is 0. The Balaban J connectivity index is 0.906. The van der Waals surface area contributed by atoms with Gasteiger partial charge in [0.05, 0.1) is 28.2 Å². The molecule has 0 N–H and O–H groups in total. The fraction of sp³-hybridized carbons (Fsp3) is 0.158. The summed E-state index contributed by atoms with van der Waals surface area (Å²) in [6.07, 6.45) is 12.7. The molecule has 0 amide bonds. The monoisotopic (exact) mass is 1280 g/mol. The Labute approximate surface area is 579 Å². The summed E-state index contributed by atoms with van der Waals surface area (Å²) in [4.78, 5) is 5.08. The van der Waals surface area contributed by atoms with Crippen LogP contribution in [0.5, 0.6) is 0 Å². The molecule has 16 aromatic rings. The smallest absolute Gasteiger partial charge is 0.159 e. The fourth-order valence-corrected chi connectivity index (χ4v) is 18.1. The van der Waals surface area contributed by atoms with E-state index in [4.69, 9.17) is 8.83 Å². The Kier molecular flexibility index (Phi) is 14.4. The van der Waals surface area contributed by atoms with Crippen molar-refractivity contribution in [3.63, 3.8) is 0 Å². The van der Waals surface area contributed by atoms with E-state index in [0.29, 0.717) is 11.8 Å². The Hall–Kier alpha value is -11.2. The standard InChI is InChI=1S/C95H76N2O2/c1-61-27-15-17-37-71(61)77-43-23-45-79-81-47-25-49-85(93(81)98-91(77)79)96(69-55-51-65(52-56-69)63-29-7-3-8-30-63)87-59-83-89(75-41-21-19-39-73(75)87)90-76-42-22-20-40-74(76)88(60-84(90)95(83,67-33-11-5-12-34-67)68-35-13-6-14-36-68)97(70-57-53-66(54-58-70)64-31-9-4-10-32-64)86-50-26-48-82-80-46-24-44-78(92(80)99-94(82)86)72-38-18-16-28-62(72)2/h5-6,11-28,33-60,63-64H,3-4,7-10,29-32H2,1-2H3. The van der Waals surface area contributed by atoms with E-state index >= 15 is 0 Å². The summed E-state index contributed by atoms with van der Waals surface area (Å²) in [6.45, 7) is 4.40. The number of nitrogens with zero attached hydrogens (tertiary/aromatic N) is 2. The fourth-order valence-electron chi connectivity index (χ4n) is 18.1. The van der Waals surface area contributed by atoms with Gasteiger partial charge in [-0.2, -0.15) is 0 Å². The number of furan rings is 2. The third-order valence-electron chi connectivity index (χ3n) is 22.8. The molecule has 14 aromatic carbocycles. The van der Waals surface area contributed by atoms with Gasteiger partial charge in [-0.15, -0.1) is 0 Å². The van der Waals surface area contributed by atoms with Gasteiger partial charge >= 0.3 is 0 Å². The van der Waals surface area contributed by atoms with Crippen LogP contribution in [0, 0.1) is 13.8 Å². The SMILES string of the molecule is Cc1ccccc1-c1cccc2c1oc1c(N(c3ccc(C4CCCCC4)cc3)c3cc4c(c5ccccc35)-c3c(cc(N(c5ccc(C6CCCCC6)cc5)c5cccc6c5oc5c(-c7ccccc7C)cccc56)c5ccccc35)C4(c3ccccc3)c3ccccc3)cccc12. The number of rotatable bonds is 12. The first kappa shape index (κ1) is 59.1. The average Bonchev–Trinajstić information content (AvgIpc) is 1.51. The first-order valence-corrected chi connectivity index (χ1v) is 36.0. The molecule has 0 bridgehead atoms. The van der Waals surface area contributed by atoms with Crippen LogP contribution in [0.2, 0.25) is 0 Å². The quantitative estimate of drug-likeness (QED) is 0.122. The van der Waals surface area contributed by atoms with E-state index in [0.717, 1.165) is 99.9 Å². The summed E-state index contributed by atoms with van der Waals surface area (Å²) < 4.78 is 15.0. The van der Waals surface area contributed by atoms with E-state index in [1.807, 2.05) is 0 Å². The van der Waals surface area contributed by atoms with E-state index in [9.17, 15) is 0 Å². The van der Waals surface area contributed by atoms with E-state index < -0.39 is 5.41 Å². The lowest BCUT2D eigenvalue weighted by molar-refractivity contribution is 0.443. The first-order valence-electron chi connectivity index (χ1n) is 36.0. The molecule has 0 aliphatic heterocycles. The minimum atomic E-state index is -0.862. The molecule has 99 heavy (non-hydrogen) atoms. The molecule has 0 atom stereocenters. The Morgan fingerprint density at radius 2 is 0.616 bits per heavy atom. The van der Waals surface area contributed by atoms with Crippen LogP contribution in [-0.4, -0.2) is 0 Å². The van der Waals surface area contributed by atoms with E-state index in [2.05, 4.69) is 315 Å². The molecule has 0 saturated heterocycles. The molecular formula is C95H76N2O2. The molecule has 3 aliphatic carbocycles. The number of benzene rings is 14. The van der Waals surface area contributed by atoms with Crippen LogP contribution in [0.4, 0.5) is 34.1 Å². The van der Waals surface area contributed by atoms with Gasteiger partial charge in [-0.05, 0) is 177 Å². The summed E-state index contributed by atoms with van der Waals surface area (Å²) in [6, 6.07) is 110. The summed E-state index contributed by atoms with van der Waals surface area (Å²) in [5, 5.41) is 9.04. The summed E-state index contributed by atoms with van der Waals surface area (Å²) in [5.41, 5.74) is 26.0. The number of aryl methyl sites for hydroxylation is 2. The van der Waals surface area contributed by atoms with Crippen LogP contribution in [-0.2, 0) is 5.41 Å². The zero-order chi connectivity index (χ0) is 65.7. The average molecular weight is 1280 g/mol. The predicted molar refractivity (Wildman–Crippen MR) is 415 cm³/mol. The highest BCUT2D eigenvalue weighted by Crippen LogP contribution is 2.64. The van der Waals surface area contributed by atoms with Crippen molar-refractivity contribution in [1.82, 2.24) is 0 Å². The Bertz CT molecular complexity index is 5430. The van der Waals surface area contributed by atoms with Crippen molar-refractivity contribution >= 4 is 99.5 Å². The number of para-hydroxylation sites is 4. The van der Waals surface area contributed by atoms with Crippen LogP contribution >= 0.6 is 0 Å². The van der Waals surface area contributed by atoms with Gasteiger partial charge in [0.25, 0.3) is 0 Å². The van der Waals surface area contributed by atoms with Gasteiger partial charge in [-0.1, -0.05) is 281 Å². The van der Waals surface area contributed by atoms with Gasteiger partial charge in [-0.25, -0.2) is 0 Å². The van der Waals surface area contributed by atoms with Crippen LogP contribution in [0.3, 0.4) is 0 Å². The third-order valence-corrected chi connectivity index (χ3v) is 22.8. The van der Waals surface area contributed by atoms with Crippen molar-refractivity contribution in [3.8, 4) is 33.4 Å². The molecule has 19 rings (SSSR count). The van der Waals surface area contributed by atoms with Crippen LogP contribution < -0.4 is 9.80 Å². The molecular weight excluding hydrogens is 1200 g/mol. The number of fused-ring (bicyclic) bond motifs is 13. The topological polar surface area (TPSA) is 32.8 Å². The maximum atomic E-state index is 7.52. The molecule has 0 unspecified atom stereocenters. The van der Waals surface area contributed by atoms with Crippen molar-refractivity contribution in [2.45, 2.75) is 95.3 Å². The summed E-state index contributed by atoms with van der Waals surface area (Å²) in [5.74, 6) is 1.10. The highest BCUT2D eigenvalue weighted by molar-refractivity contribution is 6.21. The van der Waals surface area contributed by atoms with Gasteiger partial charge in [0.1, 0.15) is 11.2 Å². The molecule has 3 aliphatic rings. The first-order chi connectivity index (χ1) is 49.0. The van der Waals surface area contributed by atoms with E-state index in [1.54, 1.807) is 0 Å². The normalized spacial score (nSPS) is 14.8. The van der Waals surface area contributed by atoms with Gasteiger partial charge in [0, 0.05) is 54.8 Å². The lowest BCUT2D eigenvalue weighted by atomic mass is 9.67. The highest BCUT2D eigenvalue weighted by atomic mass is 16.3. The second-order valence-corrected chi connectivity index (χ2v) is 28.2. The van der Waals surface area contributed by atoms with Gasteiger partial charge in [-0.3, -0.25) is 0 Å². The molecule has 0 spiro atoms. The molecule has 0 radical (unpaired) electrons. The van der Waals surface area contributed by atoms with Crippen molar-refractivity contribution in [3.05, 3.63) is 336 Å². The highest BCUT2D eigenvalue weighted by Gasteiger charge is 2.49. The van der Waals surface area contributed by atoms with Crippen molar-refractivity contribution in [2.75, 3.05) is 9.80 Å². The largest absolute Gasteiger partial charge is 0.453 e. The predicted octanol–water partition coefficient (Wildman–Crippen LogP) is 27.1. The van der Waals surface area contributed by atoms with Crippen molar-refractivity contribution in [2.24, 2.45) is 0 Å². The van der Waals surface area contributed by atoms with Gasteiger partial charge in [0.2, 0.25) is 0 Å². The van der Waals surface area contributed by atoms with E-state index in [1.165, 1.54) is 142 Å². The third kappa shape index (κ3) is 9.47. The lowest BCUT2D eigenvalue weighted by Crippen LogP contribution is -2.29. The maximum Gasteiger partial charge on any atom is 0.159 e. The molecule has 2 heterocycles. The minimum absolute atomic E-state index is 0.552. The van der Waals surface area contributed by atoms with Gasteiger partial charge in [0.15, 0.2) is 11.2 Å². The molecule has 4 nitrogen and oxygen atoms in total. The lowest BCUT2D eigenvalue weighted by Gasteiger charge is -2.36. The second kappa shape index (κ2) is 24.1. The van der Waals surface area contributed by atoms with Crippen LogP contribution in [0.1, 0.15) is 121 Å². The number of hydrogen-bond acceptors (Lipinski definition) is 4. The van der Waals surface area contributed by atoms with Crippen LogP contribution in [0.25, 0.3) is 98.8 Å². The summed E-state index contributed by atoms with van der Waals surface area (Å²) >= 11 is 0. The Morgan fingerprint density at radius 3 is 1.02 bits per heavy atom. The number of hydrogen-bond donors (Lipinski definition) is 0. The van der Waals surface area contributed by atoms with Crippen molar-refractivity contribution < 1.29 is 8.83 Å². The maximum absolute atomic E-state index is 7.52. The number of anilines is 6. The van der Waals surface area contributed by atoms with Gasteiger partial charge < -0.3 is 18.6 Å². The molecule has 2 saturated carbocycles. The molecule has 4 heteroatoms. The van der Waals surface area contributed by atoms with E-state index in [-0.39, 0.29) is 0 Å².